The first-order chi connectivity index (χ1) is 6.09. The first-order valence-corrected chi connectivity index (χ1v) is 4.71. The van der Waals surface area contributed by atoms with E-state index in [4.69, 9.17) is 0 Å². The van der Waals surface area contributed by atoms with Crippen molar-refractivity contribution in [1.29, 1.82) is 0 Å². The summed E-state index contributed by atoms with van der Waals surface area (Å²) in [5.41, 5.74) is 3.55. The number of rotatable bonds is 2. The number of nitrogens with zero attached hydrogens (tertiary/aromatic N) is 1. The molecular weight excluding hydrogens is 158 g/mol. The molecule has 0 N–H and O–H groups in total. The van der Waals surface area contributed by atoms with Crippen LogP contribution in [0, 0.1) is 19.8 Å². The van der Waals surface area contributed by atoms with Gasteiger partial charge in [0.15, 0.2) is 0 Å². The van der Waals surface area contributed by atoms with E-state index in [0.717, 1.165) is 5.69 Å². The van der Waals surface area contributed by atoms with Crippen molar-refractivity contribution < 1.29 is 0 Å². The Balaban J connectivity index is 2.93. The third-order valence-electron chi connectivity index (χ3n) is 1.92. The van der Waals surface area contributed by atoms with Gasteiger partial charge in [-0.2, -0.15) is 0 Å². The molecule has 0 amide bonds. The van der Waals surface area contributed by atoms with Crippen molar-refractivity contribution in [1.82, 2.24) is 4.98 Å². The zero-order chi connectivity index (χ0) is 9.84. The molecule has 1 aromatic heterocycles. The molecule has 0 bridgehead atoms. The van der Waals surface area contributed by atoms with Gasteiger partial charge < -0.3 is 0 Å². The normalized spacial score (nSPS) is 11.5. The van der Waals surface area contributed by atoms with E-state index < -0.39 is 0 Å². The molecule has 0 atom stereocenters. The van der Waals surface area contributed by atoms with Gasteiger partial charge in [0.25, 0.3) is 0 Å². The van der Waals surface area contributed by atoms with Gasteiger partial charge in [-0.05, 0) is 37.0 Å². The molecule has 0 radical (unpaired) electrons. The second kappa shape index (κ2) is 4.22. The van der Waals surface area contributed by atoms with E-state index in [-0.39, 0.29) is 0 Å². The number of allylic oxidation sites excluding steroid dienone is 1. The van der Waals surface area contributed by atoms with E-state index in [0.29, 0.717) is 5.92 Å². The highest BCUT2D eigenvalue weighted by atomic mass is 14.7. The molecular formula is C12H17N. The smallest absolute Gasteiger partial charge is 0.0444 e. The van der Waals surface area contributed by atoms with Gasteiger partial charge in [-0.1, -0.05) is 26.0 Å². The van der Waals surface area contributed by atoms with Crippen LogP contribution in [0.15, 0.2) is 18.3 Å². The van der Waals surface area contributed by atoms with Crippen LogP contribution in [0.4, 0.5) is 0 Å². The Labute approximate surface area is 80.5 Å². The van der Waals surface area contributed by atoms with E-state index in [1.807, 2.05) is 13.1 Å². The zero-order valence-corrected chi connectivity index (χ0v) is 8.83. The predicted octanol–water partition coefficient (Wildman–Crippen LogP) is 3.37. The molecule has 0 saturated heterocycles. The fraction of sp³-hybridized carbons (Fsp3) is 0.417. The summed E-state index contributed by atoms with van der Waals surface area (Å²) in [7, 11) is 0. The molecule has 0 aliphatic heterocycles. The van der Waals surface area contributed by atoms with Crippen molar-refractivity contribution in [3.05, 3.63) is 35.2 Å². The molecule has 0 aliphatic carbocycles. The minimum absolute atomic E-state index is 0.597. The molecule has 1 nitrogen and oxygen atoms in total. The lowest BCUT2D eigenvalue weighted by Gasteiger charge is -2.01. The molecule has 0 unspecified atom stereocenters. The molecule has 13 heavy (non-hydrogen) atoms. The molecule has 0 aliphatic rings. The van der Waals surface area contributed by atoms with Crippen molar-refractivity contribution in [2.45, 2.75) is 27.7 Å². The number of hydrogen-bond donors (Lipinski definition) is 0. The maximum absolute atomic E-state index is 4.31. The summed E-state index contributed by atoms with van der Waals surface area (Å²) >= 11 is 0. The van der Waals surface area contributed by atoms with Crippen LogP contribution in [-0.2, 0) is 0 Å². The predicted molar refractivity (Wildman–Crippen MR) is 57.6 cm³/mol. The summed E-state index contributed by atoms with van der Waals surface area (Å²) in [5.74, 6) is 0.597. The van der Waals surface area contributed by atoms with Crippen LogP contribution in [0.5, 0.6) is 0 Å². The van der Waals surface area contributed by atoms with E-state index in [1.165, 1.54) is 11.1 Å². The van der Waals surface area contributed by atoms with Gasteiger partial charge in [0.2, 0.25) is 0 Å². The summed E-state index contributed by atoms with van der Waals surface area (Å²) in [6.45, 7) is 8.46. The first-order valence-electron chi connectivity index (χ1n) is 4.71. The van der Waals surface area contributed by atoms with Gasteiger partial charge in [0.05, 0.1) is 0 Å². The standard InChI is InChI=1S/C12H17N/c1-9(2)5-6-12-7-10(3)8-13-11(12)4/h5-9H,1-4H3/b6-5-. The highest BCUT2D eigenvalue weighted by molar-refractivity contribution is 5.52. The average molecular weight is 175 g/mol. The SMILES string of the molecule is Cc1cnc(C)c(/C=C\C(C)C)c1. The van der Waals surface area contributed by atoms with Gasteiger partial charge in [-0.3, -0.25) is 4.98 Å². The highest BCUT2D eigenvalue weighted by Crippen LogP contribution is 2.10. The van der Waals surface area contributed by atoms with Crippen LogP contribution in [0.1, 0.15) is 30.7 Å². The van der Waals surface area contributed by atoms with Crippen LogP contribution in [0.25, 0.3) is 6.08 Å². The Kier molecular flexibility index (Phi) is 3.24. The molecule has 70 valence electrons. The van der Waals surface area contributed by atoms with Crippen molar-refractivity contribution in [3.63, 3.8) is 0 Å². The van der Waals surface area contributed by atoms with Crippen molar-refractivity contribution in [2.24, 2.45) is 5.92 Å². The second-order valence-electron chi connectivity index (χ2n) is 3.79. The molecule has 1 heterocycles. The van der Waals surface area contributed by atoms with Crippen LogP contribution in [0.2, 0.25) is 0 Å². The zero-order valence-electron chi connectivity index (χ0n) is 8.83. The first kappa shape index (κ1) is 9.97. The minimum Gasteiger partial charge on any atom is -0.261 e. The van der Waals surface area contributed by atoms with E-state index in [1.54, 1.807) is 0 Å². The van der Waals surface area contributed by atoms with Gasteiger partial charge >= 0.3 is 0 Å². The van der Waals surface area contributed by atoms with Gasteiger partial charge in [0, 0.05) is 11.9 Å². The van der Waals surface area contributed by atoms with Crippen LogP contribution < -0.4 is 0 Å². The quantitative estimate of drug-likeness (QED) is 0.671. The number of aryl methyl sites for hydroxylation is 2. The van der Waals surface area contributed by atoms with Crippen LogP contribution in [-0.4, -0.2) is 4.98 Å². The molecule has 1 rings (SSSR count). The van der Waals surface area contributed by atoms with Crippen LogP contribution >= 0.6 is 0 Å². The van der Waals surface area contributed by atoms with Gasteiger partial charge in [-0.25, -0.2) is 0 Å². The van der Waals surface area contributed by atoms with Crippen molar-refractivity contribution in [3.8, 4) is 0 Å². The molecule has 0 saturated carbocycles. The molecule has 1 heteroatoms. The summed E-state index contributed by atoms with van der Waals surface area (Å²) in [6, 6.07) is 2.17. The summed E-state index contributed by atoms with van der Waals surface area (Å²) in [4.78, 5) is 4.31. The third kappa shape index (κ3) is 3.02. The Morgan fingerprint density at radius 2 is 2.00 bits per heavy atom. The van der Waals surface area contributed by atoms with E-state index in [9.17, 15) is 0 Å². The van der Waals surface area contributed by atoms with Crippen molar-refractivity contribution in [2.75, 3.05) is 0 Å². The van der Waals surface area contributed by atoms with E-state index in [2.05, 4.69) is 44.0 Å². The summed E-state index contributed by atoms with van der Waals surface area (Å²) < 4.78 is 0. The maximum Gasteiger partial charge on any atom is 0.0444 e. The molecule has 0 aromatic carbocycles. The largest absolute Gasteiger partial charge is 0.261 e. The average Bonchev–Trinajstić information content (AvgIpc) is 2.06. The number of aromatic nitrogens is 1. The Bertz CT molecular complexity index is 311. The highest BCUT2D eigenvalue weighted by Gasteiger charge is 1.95. The van der Waals surface area contributed by atoms with Crippen LogP contribution in [0.3, 0.4) is 0 Å². The maximum atomic E-state index is 4.31. The molecule has 0 fully saturated rings. The molecule has 0 spiro atoms. The summed E-state index contributed by atoms with van der Waals surface area (Å²) in [5, 5.41) is 0. The lowest BCUT2D eigenvalue weighted by molar-refractivity contribution is 0.836. The Hall–Kier alpha value is -1.11. The molecule has 1 aromatic rings. The fourth-order valence-corrected chi connectivity index (χ4v) is 1.13. The van der Waals surface area contributed by atoms with Gasteiger partial charge in [-0.15, -0.1) is 0 Å². The summed E-state index contributed by atoms with van der Waals surface area (Å²) in [6.07, 6.45) is 6.26. The Morgan fingerprint density at radius 3 is 2.62 bits per heavy atom. The van der Waals surface area contributed by atoms with E-state index >= 15 is 0 Å². The minimum atomic E-state index is 0.597. The second-order valence-corrected chi connectivity index (χ2v) is 3.79. The van der Waals surface area contributed by atoms with Gasteiger partial charge in [0.1, 0.15) is 0 Å². The lowest BCUT2D eigenvalue weighted by atomic mass is 10.1. The monoisotopic (exact) mass is 175 g/mol. The number of hydrogen-bond acceptors (Lipinski definition) is 1. The lowest BCUT2D eigenvalue weighted by Crippen LogP contribution is -1.88. The van der Waals surface area contributed by atoms with Crippen molar-refractivity contribution >= 4 is 6.08 Å². The Morgan fingerprint density at radius 1 is 1.31 bits per heavy atom. The fourth-order valence-electron chi connectivity index (χ4n) is 1.13. The topological polar surface area (TPSA) is 12.9 Å². The third-order valence-corrected chi connectivity index (χ3v) is 1.92. The number of pyridine rings is 1.